The summed E-state index contributed by atoms with van der Waals surface area (Å²) in [6.07, 6.45) is 2.23. The highest BCUT2D eigenvalue weighted by molar-refractivity contribution is 7.21. The van der Waals surface area contributed by atoms with Gasteiger partial charge in [-0.3, -0.25) is 14.2 Å². The molecule has 0 saturated heterocycles. The maximum atomic E-state index is 13.9. The van der Waals surface area contributed by atoms with Crippen LogP contribution in [0, 0.1) is 0 Å². The molecule has 0 aliphatic rings. The minimum atomic E-state index is -1.35. The number of oxazole rings is 1. The van der Waals surface area contributed by atoms with Gasteiger partial charge in [0.25, 0.3) is 5.56 Å². The molecule has 10 heteroatoms. The molecule has 0 radical (unpaired) electrons. The van der Waals surface area contributed by atoms with Crippen LogP contribution in [0.2, 0.25) is 0 Å². The quantitative estimate of drug-likeness (QED) is 0.328. The molecule has 4 rings (SSSR count). The molecule has 0 amide bonds. The number of rotatable bonds is 9. The fraction of sp³-hybridized carbons (Fsp3) is 0.385. The van der Waals surface area contributed by atoms with Crippen LogP contribution in [0.1, 0.15) is 46.3 Å². The van der Waals surface area contributed by atoms with Crippen LogP contribution in [-0.2, 0) is 21.6 Å². The highest BCUT2D eigenvalue weighted by atomic mass is 32.1. The van der Waals surface area contributed by atoms with Crippen molar-refractivity contribution >= 4 is 27.3 Å². The number of carbonyl (C=O) groups is 1. The van der Waals surface area contributed by atoms with Gasteiger partial charge in [0.2, 0.25) is 5.89 Å². The summed E-state index contributed by atoms with van der Waals surface area (Å²) >= 11 is 1.23. The van der Waals surface area contributed by atoms with E-state index >= 15 is 0 Å². The molecular weight excluding hydrogens is 482 g/mol. The topological polar surface area (TPSA) is 106 Å². The number of ketones is 1. The SMILES string of the molecule is COc1ccccc1[C@H](Cn1c(=O)n(C(C)(C)C(C)=O)c(=O)c2cc(-c3ncco3)sc21)OC(C)C. The Kier molecular flexibility index (Phi) is 7.01. The minimum absolute atomic E-state index is 0.0910. The van der Waals surface area contributed by atoms with Gasteiger partial charge in [-0.05, 0) is 46.8 Å². The zero-order valence-corrected chi connectivity index (χ0v) is 21.9. The minimum Gasteiger partial charge on any atom is -0.496 e. The van der Waals surface area contributed by atoms with E-state index in [2.05, 4.69) is 4.98 Å². The second kappa shape index (κ2) is 9.87. The molecule has 0 saturated carbocycles. The van der Waals surface area contributed by atoms with E-state index in [1.54, 1.807) is 27.0 Å². The summed E-state index contributed by atoms with van der Waals surface area (Å²) < 4.78 is 19.8. The Labute approximate surface area is 211 Å². The maximum Gasteiger partial charge on any atom is 0.333 e. The largest absolute Gasteiger partial charge is 0.496 e. The van der Waals surface area contributed by atoms with E-state index in [0.717, 1.165) is 10.1 Å². The molecule has 0 spiro atoms. The van der Waals surface area contributed by atoms with Crippen molar-refractivity contribution in [1.82, 2.24) is 14.1 Å². The summed E-state index contributed by atoms with van der Waals surface area (Å²) in [5, 5.41) is 0.297. The molecule has 0 bridgehead atoms. The van der Waals surface area contributed by atoms with E-state index in [-0.39, 0.29) is 18.4 Å². The lowest BCUT2D eigenvalue weighted by atomic mass is 10.00. The van der Waals surface area contributed by atoms with Crippen molar-refractivity contribution in [2.24, 2.45) is 0 Å². The van der Waals surface area contributed by atoms with Gasteiger partial charge in [-0.1, -0.05) is 18.2 Å². The number of aromatic nitrogens is 3. The Balaban J connectivity index is 2.01. The van der Waals surface area contributed by atoms with Crippen molar-refractivity contribution in [2.45, 2.75) is 58.9 Å². The molecule has 0 N–H and O–H groups in total. The molecule has 0 unspecified atom stereocenters. The summed E-state index contributed by atoms with van der Waals surface area (Å²) in [7, 11) is 1.58. The molecule has 1 aromatic carbocycles. The van der Waals surface area contributed by atoms with E-state index in [1.165, 1.54) is 35.3 Å². The van der Waals surface area contributed by atoms with E-state index in [1.807, 2.05) is 38.1 Å². The lowest BCUT2D eigenvalue weighted by Gasteiger charge is -2.27. The summed E-state index contributed by atoms with van der Waals surface area (Å²) in [4.78, 5) is 45.2. The summed E-state index contributed by atoms with van der Waals surface area (Å²) in [6.45, 7) is 8.41. The molecule has 3 aromatic heterocycles. The number of ether oxygens (including phenoxy) is 2. The average Bonchev–Trinajstić information content (AvgIpc) is 3.51. The van der Waals surface area contributed by atoms with E-state index in [0.29, 0.717) is 26.7 Å². The Morgan fingerprint density at radius 2 is 1.94 bits per heavy atom. The van der Waals surface area contributed by atoms with Crippen LogP contribution >= 0.6 is 11.3 Å². The van der Waals surface area contributed by atoms with Gasteiger partial charge in [-0.2, -0.15) is 0 Å². The van der Waals surface area contributed by atoms with Gasteiger partial charge >= 0.3 is 5.69 Å². The zero-order valence-electron chi connectivity index (χ0n) is 21.1. The first-order valence-corrected chi connectivity index (χ1v) is 12.4. The predicted molar refractivity (Wildman–Crippen MR) is 138 cm³/mol. The highest BCUT2D eigenvalue weighted by Gasteiger charge is 2.33. The van der Waals surface area contributed by atoms with Crippen LogP contribution in [0.5, 0.6) is 5.75 Å². The van der Waals surface area contributed by atoms with Gasteiger partial charge in [0.15, 0.2) is 5.78 Å². The number of para-hydroxylation sites is 1. The molecule has 0 aliphatic carbocycles. The van der Waals surface area contributed by atoms with Crippen molar-refractivity contribution in [3.05, 3.63) is 69.2 Å². The van der Waals surface area contributed by atoms with E-state index < -0.39 is 22.9 Å². The van der Waals surface area contributed by atoms with Crippen LogP contribution in [0.15, 0.2) is 56.8 Å². The second-order valence-corrected chi connectivity index (χ2v) is 10.3. The lowest BCUT2D eigenvalue weighted by Crippen LogP contribution is -2.52. The van der Waals surface area contributed by atoms with Crippen LogP contribution in [0.4, 0.5) is 0 Å². The van der Waals surface area contributed by atoms with Gasteiger partial charge in [0.1, 0.15) is 28.5 Å². The second-order valence-electron chi connectivity index (χ2n) is 9.23. The van der Waals surface area contributed by atoms with Crippen molar-refractivity contribution in [2.75, 3.05) is 7.11 Å². The molecule has 1 atom stereocenters. The molecule has 9 nitrogen and oxygen atoms in total. The fourth-order valence-corrected chi connectivity index (χ4v) is 5.15. The average molecular weight is 512 g/mol. The molecule has 4 aromatic rings. The van der Waals surface area contributed by atoms with E-state index in [9.17, 15) is 14.4 Å². The van der Waals surface area contributed by atoms with Gasteiger partial charge < -0.3 is 13.9 Å². The Morgan fingerprint density at radius 3 is 2.56 bits per heavy atom. The molecule has 36 heavy (non-hydrogen) atoms. The summed E-state index contributed by atoms with van der Waals surface area (Å²) in [6, 6.07) is 9.10. The number of Topliss-reactive ketones (excluding diaryl/α,β-unsaturated/α-hetero) is 1. The number of hydrogen-bond acceptors (Lipinski definition) is 8. The molecule has 0 fully saturated rings. The number of benzene rings is 1. The number of hydrogen-bond donors (Lipinski definition) is 0. The lowest BCUT2D eigenvalue weighted by molar-refractivity contribution is -0.124. The maximum absolute atomic E-state index is 13.9. The number of carbonyl (C=O) groups excluding carboxylic acids is 1. The highest BCUT2D eigenvalue weighted by Crippen LogP contribution is 2.34. The van der Waals surface area contributed by atoms with Crippen molar-refractivity contribution < 1.29 is 18.7 Å². The number of methoxy groups -OCH3 is 1. The third kappa shape index (κ3) is 4.54. The van der Waals surface area contributed by atoms with Crippen molar-refractivity contribution in [1.29, 1.82) is 0 Å². The standard InChI is InChI=1S/C26H29N3O6S/c1-15(2)35-20(17-9-7-8-10-19(17)33-6)14-28-24-18(13-21(36-24)22-27-11-12-34-22)23(31)29(25(28)32)26(4,5)16(3)30/h7-13,15,20H,14H2,1-6H3/t20-/m0/s1. The predicted octanol–water partition coefficient (Wildman–Crippen LogP) is 4.38. The first kappa shape index (κ1) is 25.6. The van der Waals surface area contributed by atoms with Gasteiger partial charge in [0, 0.05) is 5.56 Å². The first-order chi connectivity index (χ1) is 17.1. The zero-order chi connectivity index (χ0) is 26.2. The number of thiophene rings is 1. The summed E-state index contributed by atoms with van der Waals surface area (Å²) in [5.74, 6) is 0.652. The Hall–Kier alpha value is -3.50. The van der Waals surface area contributed by atoms with Crippen LogP contribution in [0.25, 0.3) is 21.0 Å². The molecule has 190 valence electrons. The van der Waals surface area contributed by atoms with Crippen LogP contribution in [0.3, 0.4) is 0 Å². The Morgan fingerprint density at radius 1 is 1.22 bits per heavy atom. The third-order valence-electron chi connectivity index (χ3n) is 6.15. The summed E-state index contributed by atoms with van der Waals surface area (Å²) in [5.41, 5.74) is -1.73. The third-order valence-corrected chi connectivity index (χ3v) is 7.29. The molecular formula is C26H29N3O6S. The van der Waals surface area contributed by atoms with Crippen molar-refractivity contribution in [3.8, 4) is 16.5 Å². The molecule has 0 aliphatic heterocycles. The smallest absolute Gasteiger partial charge is 0.333 e. The van der Waals surface area contributed by atoms with Gasteiger partial charge in [-0.25, -0.2) is 14.3 Å². The van der Waals surface area contributed by atoms with Crippen LogP contribution < -0.4 is 16.0 Å². The normalized spacial score (nSPS) is 12.9. The number of fused-ring (bicyclic) bond motifs is 1. The van der Waals surface area contributed by atoms with E-state index in [4.69, 9.17) is 13.9 Å². The monoisotopic (exact) mass is 511 g/mol. The fourth-order valence-electron chi connectivity index (χ4n) is 4.05. The Bertz CT molecular complexity index is 1510. The van der Waals surface area contributed by atoms with Gasteiger partial charge in [0.05, 0.1) is 36.2 Å². The van der Waals surface area contributed by atoms with Gasteiger partial charge in [-0.15, -0.1) is 11.3 Å². The number of nitrogens with zero attached hydrogens (tertiary/aromatic N) is 3. The van der Waals surface area contributed by atoms with Crippen molar-refractivity contribution in [3.63, 3.8) is 0 Å². The molecule has 3 heterocycles. The van der Waals surface area contributed by atoms with Crippen LogP contribution in [-0.4, -0.2) is 33.1 Å². The first-order valence-electron chi connectivity index (χ1n) is 11.5.